The van der Waals surface area contributed by atoms with E-state index in [1.807, 2.05) is 24.3 Å². The van der Waals surface area contributed by atoms with E-state index in [1.54, 1.807) is 13.3 Å². The summed E-state index contributed by atoms with van der Waals surface area (Å²) in [6.45, 7) is 9.90. The molecular weight excluding hydrogens is 384 g/mol. The van der Waals surface area contributed by atoms with Gasteiger partial charge in [-0.05, 0) is 80.4 Å². The van der Waals surface area contributed by atoms with Gasteiger partial charge in [0.05, 0.1) is 18.7 Å². The van der Waals surface area contributed by atoms with Gasteiger partial charge in [0.1, 0.15) is 5.75 Å². The van der Waals surface area contributed by atoms with E-state index in [0.29, 0.717) is 11.8 Å². The maximum Gasteiger partial charge on any atom is 0.119 e. The van der Waals surface area contributed by atoms with Crippen LogP contribution in [-0.2, 0) is 0 Å². The van der Waals surface area contributed by atoms with Crippen LogP contribution in [0.1, 0.15) is 70.0 Å². The molecule has 170 valence electrons. The molecule has 1 fully saturated rings. The number of rotatable bonds is 12. The van der Waals surface area contributed by atoms with Crippen molar-refractivity contribution in [3.05, 3.63) is 48.7 Å². The predicted molar refractivity (Wildman–Crippen MR) is 129 cm³/mol. The highest BCUT2D eigenvalue weighted by molar-refractivity contribution is 5.83. The van der Waals surface area contributed by atoms with E-state index < -0.39 is 6.10 Å². The summed E-state index contributed by atoms with van der Waals surface area (Å²) in [4.78, 5) is 7.06. The lowest BCUT2D eigenvalue weighted by molar-refractivity contribution is 0.111. The number of ether oxygens (including phenoxy) is 1. The summed E-state index contributed by atoms with van der Waals surface area (Å²) in [6, 6.07) is 7.79. The van der Waals surface area contributed by atoms with Crippen molar-refractivity contribution in [2.24, 2.45) is 11.8 Å². The summed E-state index contributed by atoms with van der Waals surface area (Å²) in [5.41, 5.74) is 1.84. The monoisotopic (exact) mass is 424 g/mol. The van der Waals surface area contributed by atoms with Crippen molar-refractivity contribution >= 4 is 10.9 Å². The number of aliphatic hydroxyl groups excluding tert-OH is 1. The second-order valence-electron chi connectivity index (χ2n) is 9.04. The van der Waals surface area contributed by atoms with Gasteiger partial charge in [-0.1, -0.05) is 38.7 Å². The topological polar surface area (TPSA) is 45.6 Å². The van der Waals surface area contributed by atoms with E-state index in [2.05, 4.69) is 29.5 Å². The van der Waals surface area contributed by atoms with Crippen LogP contribution < -0.4 is 4.74 Å². The fourth-order valence-electron chi connectivity index (χ4n) is 4.96. The lowest BCUT2D eigenvalue weighted by Crippen LogP contribution is -2.40. The molecular formula is C27H40N2O2. The van der Waals surface area contributed by atoms with Crippen molar-refractivity contribution in [2.75, 3.05) is 26.7 Å². The highest BCUT2D eigenvalue weighted by Crippen LogP contribution is 2.34. The Bertz CT molecular complexity index is 822. The number of unbranched alkanes of at least 4 members (excludes halogenated alkanes) is 4. The number of benzene rings is 1. The molecule has 1 aromatic carbocycles. The fraction of sp³-hybridized carbons (Fsp3) is 0.593. The van der Waals surface area contributed by atoms with Gasteiger partial charge in [-0.15, -0.1) is 6.58 Å². The van der Waals surface area contributed by atoms with Gasteiger partial charge in [-0.2, -0.15) is 0 Å². The van der Waals surface area contributed by atoms with Crippen molar-refractivity contribution < 1.29 is 9.84 Å². The van der Waals surface area contributed by atoms with Gasteiger partial charge in [-0.25, -0.2) is 0 Å². The number of fused-ring (bicyclic) bond motifs is 1. The molecule has 3 atom stereocenters. The second kappa shape index (κ2) is 12.2. The zero-order valence-corrected chi connectivity index (χ0v) is 19.4. The predicted octanol–water partition coefficient (Wildman–Crippen LogP) is 6.15. The molecule has 0 radical (unpaired) electrons. The summed E-state index contributed by atoms with van der Waals surface area (Å²) < 4.78 is 5.37. The Hall–Kier alpha value is -1.91. The summed E-state index contributed by atoms with van der Waals surface area (Å²) >= 11 is 0. The van der Waals surface area contributed by atoms with Crippen LogP contribution in [0.4, 0.5) is 0 Å². The molecule has 0 spiro atoms. The highest BCUT2D eigenvalue weighted by atomic mass is 16.5. The Morgan fingerprint density at radius 3 is 2.87 bits per heavy atom. The molecule has 4 nitrogen and oxygen atoms in total. The average Bonchev–Trinajstić information content (AvgIpc) is 2.81. The number of piperidine rings is 1. The van der Waals surface area contributed by atoms with E-state index in [0.717, 1.165) is 41.6 Å². The molecule has 0 amide bonds. The minimum absolute atomic E-state index is 0.486. The molecule has 3 rings (SSSR count). The average molecular weight is 425 g/mol. The number of pyridine rings is 1. The van der Waals surface area contributed by atoms with Crippen molar-refractivity contribution in [1.82, 2.24) is 9.88 Å². The molecule has 1 aliphatic rings. The van der Waals surface area contributed by atoms with Gasteiger partial charge in [0.2, 0.25) is 0 Å². The van der Waals surface area contributed by atoms with Crippen LogP contribution in [0.2, 0.25) is 0 Å². The first kappa shape index (κ1) is 23.7. The number of aromatic nitrogens is 1. The summed E-state index contributed by atoms with van der Waals surface area (Å²) in [5.74, 6) is 1.92. The molecule has 2 aromatic rings. The van der Waals surface area contributed by atoms with E-state index in [-0.39, 0.29) is 0 Å². The third kappa shape index (κ3) is 6.54. The number of hydrogen-bond donors (Lipinski definition) is 1. The fourth-order valence-corrected chi connectivity index (χ4v) is 4.96. The SMILES string of the molecule is C=CC1CN(CCCCCCC)CCC1CCC(O)c1ccnc2ccc(OC)cc12. The second-order valence-corrected chi connectivity index (χ2v) is 9.04. The Balaban J connectivity index is 1.54. The number of nitrogens with zero attached hydrogens (tertiary/aromatic N) is 2. The lowest BCUT2D eigenvalue weighted by Gasteiger charge is -2.37. The molecule has 1 N–H and O–H groups in total. The normalized spacial score (nSPS) is 20.6. The lowest BCUT2D eigenvalue weighted by atomic mass is 9.81. The largest absolute Gasteiger partial charge is 0.497 e. The zero-order valence-electron chi connectivity index (χ0n) is 19.4. The molecule has 1 aromatic heterocycles. The number of methoxy groups -OCH3 is 1. The van der Waals surface area contributed by atoms with Crippen LogP contribution in [0.3, 0.4) is 0 Å². The van der Waals surface area contributed by atoms with Crippen molar-refractivity contribution in [3.63, 3.8) is 0 Å². The van der Waals surface area contributed by atoms with Crippen LogP contribution in [0, 0.1) is 11.8 Å². The molecule has 2 heterocycles. The first-order chi connectivity index (χ1) is 15.2. The van der Waals surface area contributed by atoms with Gasteiger partial charge < -0.3 is 14.7 Å². The molecule has 0 bridgehead atoms. The number of likely N-dealkylation sites (tertiary alicyclic amines) is 1. The summed E-state index contributed by atoms with van der Waals surface area (Å²) in [6.07, 6.45) is 13.1. The van der Waals surface area contributed by atoms with Gasteiger partial charge in [0.25, 0.3) is 0 Å². The van der Waals surface area contributed by atoms with Crippen LogP contribution in [0.5, 0.6) is 5.75 Å². The summed E-state index contributed by atoms with van der Waals surface area (Å²) in [5, 5.41) is 12.0. The molecule has 3 unspecified atom stereocenters. The van der Waals surface area contributed by atoms with Gasteiger partial charge in [0, 0.05) is 18.1 Å². The first-order valence-corrected chi connectivity index (χ1v) is 12.1. The molecule has 0 aliphatic carbocycles. The van der Waals surface area contributed by atoms with Crippen molar-refractivity contribution in [2.45, 2.75) is 64.4 Å². The Morgan fingerprint density at radius 1 is 1.26 bits per heavy atom. The van der Waals surface area contributed by atoms with E-state index in [4.69, 9.17) is 4.74 Å². The highest BCUT2D eigenvalue weighted by Gasteiger charge is 2.27. The summed E-state index contributed by atoms with van der Waals surface area (Å²) in [7, 11) is 1.67. The zero-order chi connectivity index (χ0) is 22.1. The van der Waals surface area contributed by atoms with Gasteiger partial charge in [0.15, 0.2) is 0 Å². The first-order valence-electron chi connectivity index (χ1n) is 12.1. The van der Waals surface area contributed by atoms with Crippen LogP contribution in [0.25, 0.3) is 10.9 Å². The minimum atomic E-state index is -0.486. The molecule has 4 heteroatoms. The Morgan fingerprint density at radius 2 is 2.10 bits per heavy atom. The van der Waals surface area contributed by atoms with E-state index >= 15 is 0 Å². The molecule has 1 aliphatic heterocycles. The van der Waals surface area contributed by atoms with Gasteiger partial charge in [-0.3, -0.25) is 4.98 Å². The van der Waals surface area contributed by atoms with Crippen molar-refractivity contribution in [3.8, 4) is 5.75 Å². The van der Waals surface area contributed by atoms with Crippen LogP contribution in [0.15, 0.2) is 43.1 Å². The third-order valence-corrected chi connectivity index (χ3v) is 6.92. The molecule has 1 saturated heterocycles. The molecule has 31 heavy (non-hydrogen) atoms. The number of aliphatic hydroxyl groups is 1. The van der Waals surface area contributed by atoms with Gasteiger partial charge >= 0.3 is 0 Å². The van der Waals surface area contributed by atoms with Crippen LogP contribution >= 0.6 is 0 Å². The Kier molecular flexibility index (Phi) is 9.35. The van der Waals surface area contributed by atoms with Crippen molar-refractivity contribution in [1.29, 1.82) is 0 Å². The maximum absolute atomic E-state index is 11.0. The quantitative estimate of drug-likeness (QED) is 0.328. The molecule has 0 saturated carbocycles. The minimum Gasteiger partial charge on any atom is -0.497 e. The Labute approximate surface area is 188 Å². The standard InChI is InChI=1S/C27H40N2O2/c1-4-6-7-8-9-17-29-18-15-22(21(5-2)20-29)10-13-27(30)24-14-16-28-26-12-11-23(31-3)19-25(24)26/h5,11-12,14,16,19,21-22,27,30H,2,4,6-10,13,15,17-18,20H2,1,3H3. The maximum atomic E-state index is 11.0. The third-order valence-electron chi connectivity index (χ3n) is 6.92. The number of hydrogen-bond acceptors (Lipinski definition) is 4. The smallest absolute Gasteiger partial charge is 0.119 e. The van der Waals surface area contributed by atoms with Crippen LogP contribution in [-0.4, -0.2) is 41.7 Å². The van der Waals surface area contributed by atoms with E-state index in [9.17, 15) is 5.11 Å². The van der Waals surface area contributed by atoms with E-state index in [1.165, 1.54) is 51.6 Å².